The minimum atomic E-state index is -0.671. The zero-order valence-corrected chi connectivity index (χ0v) is 15.7. The van der Waals surface area contributed by atoms with Crippen LogP contribution in [0, 0.1) is 11.8 Å². The number of hydrogen-bond donors (Lipinski definition) is 3. The van der Waals surface area contributed by atoms with Crippen LogP contribution in [0.1, 0.15) is 36.2 Å². The summed E-state index contributed by atoms with van der Waals surface area (Å²) in [6, 6.07) is 16.1. The Bertz CT molecular complexity index is 789. The van der Waals surface area contributed by atoms with E-state index in [1.165, 1.54) is 0 Å². The molecule has 0 radical (unpaired) electrons. The van der Waals surface area contributed by atoms with Gasteiger partial charge in [0, 0.05) is 23.6 Å². The van der Waals surface area contributed by atoms with Crippen LogP contribution in [0.3, 0.4) is 0 Å². The van der Waals surface area contributed by atoms with Crippen LogP contribution in [0.25, 0.3) is 0 Å². The van der Waals surface area contributed by atoms with Gasteiger partial charge in [0.05, 0.1) is 12.1 Å². The summed E-state index contributed by atoms with van der Waals surface area (Å²) in [5, 5.41) is 16.0. The van der Waals surface area contributed by atoms with Gasteiger partial charge in [-0.25, -0.2) is 0 Å². The molecule has 0 saturated heterocycles. The molecule has 1 aliphatic rings. The SMILES string of the molecule is C[C@@H]1C[C@@H]1C(=O)Nc1ccc(C(=O)N[C@@H](C)[C@H](O)Cc2ccccc2)cc1. The Labute approximate surface area is 159 Å². The second-order valence-electron chi connectivity index (χ2n) is 7.41. The van der Waals surface area contributed by atoms with E-state index in [1.807, 2.05) is 30.3 Å². The molecular formula is C22H26N2O3. The van der Waals surface area contributed by atoms with Crippen LogP contribution in [0.2, 0.25) is 0 Å². The van der Waals surface area contributed by atoms with E-state index in [-0.39, 0.29) is 23.8 Å². The van der Waals surface area contributed by atoms with Crippen LogP contribution in [0.5, 0.6) is 0 Å². The summed E-state index contributed by atoms with van der Waals surface area (Å²) in [4.78, 5) is 24.4. The Hall–Kier alpha value is -2.66. The van der Waals surface area contributed by atoms with Gasteiger partial charge in [0.2, 0.25) is 5.91 Å². The molecule has 3 N–H and O–H groups in total. The van der Waals surface area contributed by atoms with Gasteiger partial charge < -0.3 is 15.7 Å². The third-order valence-electron chi connectivity index (χ3n) is 5.08. The standard InChI is InChI=1S/C22H26N2O3/c1-14-12-19(14)22(27)24-18-10-8-17(9-11-18)21(26)23-15(2)20(25)13-16-6-4-3-5-7-16/h3-11,14-15,19-20,25H,12-13H2,1-2H3,(H,23,26)(H,24,27)/t14-,15+,19+,20-/m1/s1. The fourth-order valence-corrected chi connectivity index (χ4v) is 3.05. The molecule has 142 valence electrons. The number of nitrogens with one attached hydrogen (secondary N) is 2. The predicted molar refractivity (Wildman–Crippen MR) is 105 cm³/mol. The van der Waals surface area contributed by atoms with E-state index >= 15 is 0 Å². The number of aliphatic hydroxyl groups excluding tert-OH is 1. The number of anilines is 1. The number of carbonyl (C=O) groups excluding carboxylic acids is 2. The molecule has 1 aliphatic carbocycles. The van der Waals surface area contributed by atoms with Crippen LogP contribution >= 0.6 is 0 Å². The van der Waals surface area contributed by atoms with Gasteiger partial charge in [0.1, 0.15) is 0 Å². The first-order valence-corrected chi connectivity index (χ1v) is 9.38. The lowest BCUT2D eigenvalue weighted by Gasteiger charge is -2.20. The lowest BCUT2D eigenvalue weighted by atomic mass is 10.0. The number of carbonyl (C=O) groups is 2. The fourth-order valence-electron chi connectivity index (χ4n) is 3.05. The summed E-state index contributed by atoms with van der Waals surface area (Å²) in [5.74, 6) is 0.361. The van der Waals surface area contributed by atoms with Gasteiger partial charge in [0.15, 0.2) is 0 Å². The summed E-state index contributed by atoms with van der Waals surface area (Å²) in [5.41, 5.74) is 2.20. The van der Waals surface area contributed by atoms with Crippen molar-refractivity contribution in [2.24, 2.45) is 11.8 Å². The van der Waals surface area contributed by atoms with Gasteiger partial charge in [-0.15, -0.1) is 0 Å². The van der Waals surface area contributed by atoms with Crippen molar-refractivity contribution in [3.05, 3.63) is 65.7 Å². The number of rotatable bonds is 7. The lowest BCUT2D eigenvalue weighted by Crippen LogP contribution is -2.42. The first-order valence-electron chi connectivity index (χ1n) is 9.38. The second kappa shape index (κ2) is 8.35. The molecule has 1 fully saturated rings. The van der Waals surface area contributed by atoms with Gasteiger partial charge >= 0.3 is 0 Å². The molecule has 0 bridgehead atoms. The third kappa shape index (κ3) is 5.17. The zero-order valence-electron chi connectivity index (χ0n) is 15.7. The molecule has 2 amide bonds. The highest BCUT2D eigenvalue weighted by Gasteiger charge is 2.39. The first kappa shape index (κ1) is 19.1. The molecule has 27 heavy (non-hydrogen) atoms. The highest BCUT2D eigenvalue weighted by molar-refractivity contribution is 5.97. The Morgan fingerprint density at radius 1 is 1.11 bits per heavy atom. The van der Waals surface area contributed by atoms with E-state index in [0.29, 0.717) is 23.6 Å². The molecule has 0 spiro atoms. The van der Waals surface area contributed by atoms with Crippen LogP contribution in [-0.4, -0.2) is 29.1 Å². The smallest absolute Gasteiger partial charge is 0.251 e. The topological polar surface area (TPSA) is 78.4 Å². The summed E-state index contributed by atoms with van der Waals surface area (Å²) in [6.45, 7) is 3.85. The Balaban J connectivity index is 1.51. The number of benzene rings is 2. The molecule has 2 aromatic rings. The minimum Gasteiger partial charge on any atom is -0.391 e. The zero-order chi connectivity index (χ0) is 19.4. The van der Waals surface area contributed by atoms with Crippen molar-refractivity contribution in [2.75, 3.05) is 5.32 Å². The summed E-state index contributed by atoms with van der Waals surface area (Å²) in [6.07, 6.45) is 0.748. The van der Waals surface area contributed by atoms with E-state index in [2.05, 4.69) is 17.6 Å². The highest BCUT2D eigenvalue weighted by atomic mass is 16.3. The average Bonchev–Trinajstić information content (AvgIpc) is 3.40. The first-order chi connectivity index (χ1) is 12.9. The van der Waals surface area contributed by atoms with Crippen LogP contribution in [0.4, 0.5) is 5.69 Å². The van der Waals surface area contributed by atoms with Crippen LogP contribution in [0.15, 0.2) is 54.6 Å². The molecule has 5 nitrogen and oxygen atoms in total. The van der Waals surface area contributed by atoms with E-state index in [9.17, 15) is 14.7 Å². The van der Waals surface area contributed by atoms with Crippen molar-refractivity contribution in [3.8, 4) is 0 Å². The molecule has 0 unspecified atom stereocenters. The predicted octanol–water partition coefficient (Wildman–Crippen LogP) is 3.00. The average molecular weight is 366 g/mol. The lowest BCUT2D eigenvalue weighted by molar-refractivity contribution is -0.117. The maximum Gasteiger partial charge on any atom is 0.251 e. The molecule has 0 aliphatic heterocycles. The van der Waals surface area contributed by atoms with Gasteiger partial charge in [0.25, 0.3) is 5.91 Å². The van der Waals surface area contributed by atoms with Crippen molar-refractivity contribution in [2.45, 2.75) is 38.8 Å². The van der Waals surface area contributed by atoms with E-state index in [4.69, 9.17) is 0 Å². The number of aliphatic hydroxyl groups is 1. The van der Waals surface area contributed by atoms with Crippen molar-refractivity contribution >= 4 is 17.5 Å². The van der Waals surface area contributed by atoms with Crippen molar-refractivity contribution < 1.29 is 14.7 Å². The molecule has 0 aromatic heterocycles. The van der Waals surface area contributed by atoms with Crippen LogP contribution < -0.4 is 10.6 Å². The second-order valence-corrected chi connectivity index (χ2v) is 7.41. The van der Waals surface area contributed by atoms with Gasteiger partial charge in [-0.2, -0.15) is 0 Å². The summed E-state index contributed by atoms with van der Waals surface area (Å²) < 4.78 is 0. The largest absolute Gasteiger partial charge is 0.391 e. The quantitative estimate of drug-likeness (QED) is 0.705. The van der Waals surface area contributed by atoms with Crippen molar-refractivity contribution in [1.29, 1.82) is 0 Å². The molecule has 0 heterocycles. The Kier molecular flexibility index (Phi) is 5.91. The molecule has 2 aromatic carbocycles. The summed E-state index contributed by atoms with van der Waals surface area (Å²) >= 11 is 0. The highest BCUT2D eigenvalue weighted by Crippen LogP contribution is 2.38. The minimum absolute atomic E-state index is 0.0392. The molecule has 3 rings (SSSR count). The van der Waals surface area contributed by atoms with Gasteiger partial charge in [-0.1, -0.05) is 37.3 Å². The Morgan fingerprint density at radius 2 is 1.74 bits per heavy atom. The third-order valence-corrected chi connectivity index (χ3v) is 5.08. The maximum absolute atomic E-state index is 12.4. The molecule has 5 heteroatoms. The summed E-state index contributed by atoms with van der Waals surface area (Å²) in [7, 11) is 0. The molecular weight excluding hydrogens is 340 g/mol. The van der Waals surface area contributed by atoms with Crippen molar-refractivity contribution in [3.63, 3.8) is 0 Å². The number of amides is 2. The normalized spacial score (nSPS) is 20.4. The molecule has 1 saturated carbocycles. The maximum atomic E-state index is 12.4. The number of hydrogen-bond acceptors (Lipinski definition) is 3. The molecule has 4 atom stereocenters. The van der Waals surface area contributed by atoms with Crippen LogP contribution in [-0.2, 0) is 11.2 Å². The fraction of sp³-hybridized carbons (Fsp3) is 0.364. The van der Waals surface area contributed by atoms with E-state index < -0.39 is 6.10 Å². The van der Waals surface area contributed by atoms with Gasteiger partial charge in [-0.05, 0) is 49.1 Å². The van der Waals surface area contributed by atoms with Crippen molar-refractivity contribution in [1.82, 2.24) is 5.32 Å². The Morgan fingerprint density at radius 3 is 2.33 bits per heavy atom. The monoisotopic (exact) mass is 366 g/mol. The van der Waals surface area contributed by atoms with E-state index in [1.54, 1.807) is 31.2 Å². The van der Waals surface area contributed by atoms with Gasteiger partial charge in [-0.3, -0.25) is 9.59 Å². The van der Waals surface area contributed by atoms with E-state index in [0.717, 1.165) is 12.0 Å².